The summed E-state index contributed by atoms with van der Waals surface area (Å²) in [6.45, 7) is 5.55. The van der Waals surface area contributed by atoms with Crippen molar-refractivity contribution in [2.45, 2.75) is 33.3 Å². The van der Waals surface area contributed by atoms with E-state index in [4.69, 9.17) is 9.47 Å². The molecule has 0 aliphatic carbocycles. The van der Waals surface area contributed by atoms with Crippen LogP contribution in [0.1, 0.15) is 23.6 Å². The maximum absolute atomic E-state index is 12.2. The zero-order chi connectivity index (χ0) is 18.4. The summed E-state index contributed by atoms with van der Waals surface area (Å²) < 4.78 is 10.4. The molecular weight excluding hydrogens is 318 g/mol. The third-order valence-corrected chi connectivity index (χ3v) is 3.96. The molecule has 1 N–H and O–H groups in total. The third-order valence-electron chi connectivity index (χ3n) is 3.96. The summed E-state index contributed by atoms with van der Waals surface area (Å²) >= 11 is 0. The van der Waals surface area contributed by atoms with Crippen LogP contribution in [0.15, 0.2) is 42.5 Å². The molecule has 2 rings (SSSR count). The lowest BCUT2D eigenvalue weighted by molar-refractivity contribution is -0.152. The molecule has 0 spiro atoms. The molecule has 0 unspecified atom stereocenters. The summed E-state index contributed by atoms with van der Waals surface area (Å²) in [5, 5.41) is 2.71. The number of hydrogen-bond acceptors (Lipinski definition) is 4. The summed E-state index contributed by atoms with van der Waals surface area (Å²) in [5.74, 6) is -0.298. The van der Waals surface area contributed by atoms with E-state index in [1.807, 2.05) is 38.1 Å². The highest BCUT2D eigenvalue weighted by Crippen LogP contribution is 2.23. The van der Waals surface area contributed by atoms with Gasteiger partial charge in [0.15, 0.2) is 6.10 Å². The Labute approximate surface area is 148 Å². The summed E-state index contributed by atoms with van der Waals surface area (Å²) in [4.78, 5) is 24.3. The van der Waals surface area contributed by atoms with Gasteiger partial charge in [0.2, 0.25) is 0 Å². The number of ether oxygens (including phenoxy) is 2. The predicted octanol–water partition coefficient (Wildman–Crippen LogP) is 3.42. The second kappa shape index (κ2) is 8.33. The first-order valence-electron chi connectivity index (χ1n) is 8.10. The Kier molecular flexibility index (Phi) is 6.17. The van der Waals surface area contributed by atoms with Gasteiger partial charge in [-0.15, -0.1) is 0 Å². The largest absolute Gasteiger partial charge is 0.495 e. The molecule has 0 aliphatic rings. The Bertz CT molecular complexity index is 770. The maximum atomic E-state index is 12.2. The van der Waals surface area contributed by atoms with Gasteiger partial charge in [-0.2, -0.15) is 0 Å². The van der Waals surface area contributed by atoms with Crippen LogP contribution in [0.5, 0.6) is 5.75 Å². The van der Waals surface area contributed by atoms with Crippen LogP contribution in [0, 0.1) is 13.8 Å². The van der Waals surface area contributed by atoms with E-state index < -0.39 is 18.0 Å². The summed E-state index contributed by atoms with van der Waals surface area (Å²) in [6.07, 6.45) is -0.767. The molecule has 0 aliphatic heterocycles. The number of methoxy groups -OCH3 is 1. The van der Waals surface area contributed by atoms with Crippen molar-refractivity contribution < 1.29 is 19.1 Å². The molecule has 132 valence electrons. The smallest absolute Gasteiger partial charge is 0.311 e. The van der Waals surface area contributed by atoms with Crippen LogP contribution < -0.4 is 10.1 Å². The minimum Gasteiger partial charge on any atom is -0.495 e. The molecule has 0 saturated heterocycles. The Balaban J connectivity index is 1.93. The van der Waals surface area contributed by atoms with Gasteiger partial charge in [0.25, 0.3) is 5.91 Å². The highest BCUT2D eigenvalue weighted by Gasteiger charge is 2.19. The summed E-state index contributed by atoms with van der Waals surface area (Å²) in [5.41, 5.74) is 3.69. The molecule has 5 nitrogen and oxygen atoms in total. The molecule has 2 aromatic carbocycles. The highest BCUT2D eigenvalue weighted by molar-refractivity contribution is 5.96. The number of hydrogen-bond donors (Lipinski definition) is 1. The van der Waals surface area contributed by atoms with Crippen LogP contribution in [0.3, 0.4) is 0 Å². The van der Waals surface area contributed by atoms with Crippen LogP contribution in [0.4, 0.5) is 5.69 Å². The second-order valence-electron chi connectivity index (χ2n) is 5.92. The lowest BCUT2D eigenvalue weighted by Crippen LogP contribution is -2.30. The molecule has 0 heterocycles. The Hall–Kier alpha value is -2.82. The molecule has 0 aromatic heterocycles. The molecule has 1 atom stereocenters. The highest BCUT2D eigenvalue weighted by atomic mass is 16.5. The van der Waals surface area contributed by atoms with Crippen molar-refractivity contribution in [3.63, 3.8) is 0 Å². The van der Waals surface area contributed by atoms with Gasteiger partial charge in [0, 0.05) is 0 Å². The van der Waals surface area contributed by atoms with Gasteiger partial charge in [0.05, 0.1) is 19.2 Å². The number of aryl methyl sites for hydroxylation is 2. The average Bonchev–Trinajstić information content (AvgIpc) is 2.58. The molecule has 2 aromatic rings. The average molecular weight is 341 g/mol. The van der Waals surface area contributed by atoms with Crippen molar-refractivity contribution in [1.82, 2.24) is 0 Å². The molecule has 1 amide bonds. The van der Waals surface area contributed by atoms with Crippen LogP contribution in [0.2, 0.25) is 0 Å². The van der Waals surface area contributed by atoms with Crippen molar-refractivity contribution in [3.05, 3.63) is 59.2 Å². The SMILES string of the molecule is COc1ccccc1NC(=O)[C@H](C)OC(=O)Cc1ccc(C)c(C)c1. The van der Waals surface area contributed by atoms with Gasteiger partial charge >= 0.3 is 5.97 Å². The van der Waals surface area contributed by atoms with E-state index in [9.17, 15) is 9.59 Å². The lowest BCUT2D eigenvalue weighted by Gasteiger charge is -2.15. The molecule has 0 radical (unpaired) electrons. The first-order valence-corrected chi connectivity index (χ1v) is 8.10. The number of rotatable bonds is 6. The minimum atomic E-state index is -0.899. The fourth-order valence-corrected chi connectivity index (χ4v) is 2.35. The molecular formula is C20H23NO4. The number of carbonyl (C=O) groups excluding carboxylic acids is 2. The maximum Gasteiger partial charge on any atom is 0.311 e. The van der Waals surface area contributed by atoms with E-state index >= 15 is 0 Å². The Morgan fingerprint density at radius 3 is 2.48 bits per heavy atom. The fraction of sp³-hybridized carbons (Fsp3) is 0.300. The zero-order valence-electron chi connectivity index (χ0n) is 15.0. The lowest BCUT2D eigenvalue weighted by atomic mass is 10.0. The molecule has 5 heteroatoms. The molecule has 0 saturated carbocycles. The van der Waals surface area contributed by atoms with Crippen molar-refractivity contribution in [3.8, 4) is 5.75 Å². The van der Waals surface area contributed by atoms with E-state index in [0.29, 0.717) is 11.4 Å². The van der Waals surface area contributed by atoms with Crippen LogP contribution in [-0.4, -0.2) is 25.1 Å². The van der Waals surface area contributed by atoms with E-state index in [1.165, 1.54) is 12.7 Å². The van der Waals surface area contributed by atoms with Crippen molar-refractivity contribution in [1.29, 1.82) is 0 Å². The second-order valence-corrected chi connectivity index (χ2v) is 5.92. The van der Waals surface area contributed by atoms with E-state index in [1.54, 1.807) is 25.1 Å². The summed E-state index contributed by atoms with van der Waals surface area (Å²) in [6, 6.07) is 12.9. The monoisotopic (exact) mass is 341 g/mol. The van der Waals surface area contributed by atoms with Gasteiger partial charge in [-0.3, -0.25) is 9.59 Å². The van der Waals surface area contributed by atoms with Gasteiger partial charge < -0.3 is 14.8 Å². The Morgan fingerprint density at radius 2 is 1.80 bits per heavy atom. The molecule has 0 bridgehead atoms. The topological polar surface area (TPSA) is 64.6 Å². The molecule has 25 heavy (non-hydrogen) atoms. The standard InChI is InChI=1S/C20H23NO4/c1-13-9-10-16(11-14(13)2)12-19(22)25-15(3)20(23)21-17-7-5-6-8-18(17)24-4/h5-11,15H,12H2,1-4H3,(H,21,23)/t15-/m0/s1. The van der Waals surface area contributed by atoms with E-state index in [-0.39, 0.29) is 6.42 Å². The van der Waals surface area contributed by atoms with Gasteiger partial charge in [-0.1, -0.05) is 30.3 Å². The number of carbonyl (C=O) groups is 2. The quantitative estimate of drug-likeness (QED) is 0.818. The van der Waals surface area contributed by atoms with Crippen molar-refractivity contribution >= 4 is 17.6 Å². The number of benzene rings is 2. The van der Waals surface area contributed by atoms with Crippen molar-refractivity contribution in [2.24, 2.45) is 0 Å². The number of esters is 1. The normalized spacial score (nSPS) is 11.5. The zero-order valence-corrected chi connectivity index (χ0v) is 15.0. The van der Waals surface area contributed by atoms with E-state index in [2.05, 4.69) is 5.32 Å². The van der Waals surface area contributed by atoms with Gasteiger partial charge in [-0.25, -0.2) is 0 Å². The molecule has 0 fully saturated rings. The van der Waals surface area contributed by atoms with Crippen LogP contribution in [0.25, 0.3) is 0 Å². The first-order chi connectivity index (χ1) is 11.9. The third kappa shape index (κ3) is 5.08. The van der Waals surface area contributed by atoms with E-state index in [0.717, 1.165) is 11.1 Å². The number of amides is 1. The minimum absolute atomic E-state index is 0.132. The van der Waals surface area contributed by atoms with Crippen LogP contribution in [-0.2, 0) is 20.7 Å². The fourth-order valence-electron chi connectivity index (χ4n) is 2.35. The van der Waals surface area contributed by atoms with Gasteiger partial charge in [-0.05, 0) is 49.6 Å². The van der Waals surface area contributed by atoms with Crippen LogP contribution >= 0.6 is 0 Å². The first kappa shape index (κ1) is 18.5. The number of para-hydroxylation sites is 2. The summed E-state index contributed by atoms with van der Waals surface area (Å²) in [7, 11) is 1.53. The number of nitrogens with one attached hydrogen (secondary N) is 1. The Morgan fingerprint density at radius 1 is 1.08 bits per heavy atom. The van der Waals surface area contributed by atoms with Gasteiger partial charge in [0.1, 0.15) is 5.75 Å². The number of anilines is 1. The van der Waals surface area contributed by atoms with Crippen molar-refractivity contribution in [2.75, 3.05) is 12.4 Å². The predicted molar refractivity (Wildman–Crippen MR) is 96.8 cm³/mol.